The first-order chi connectivity index (χ1) is 15.8. The zero-order valence-corrected chi connectivity index (χ0v) is 19.1. The third kappa shape index (κ3) is 8.39. The zero-order chi connectivity index (χ0) is 24.2. The van der Waals surface area contributed by atoms with Crippen LogP contribution in [0.3, 0.4) is 0 Å². The van der Waals surface area contributed by atoms with E-state index in [-0.39, 0.29) is 32.1 Å². The molecule has 0 saturated carbocycles. The highest BCUT2D eigenvalue weighted by atomic mass is 16.6. The lowest BCUT2D eigenvalue weighted by Crippen LogP contribution is -2.55. The average Bonchev–Trinajstić information content (AvgIpc) is 2.85. The number of hydrogen-bond donors (Lipinski definition) is 3. The Morgan fingerprint density at radius 2 is 1.82 bits per heavy atom. The van der Waals surface area contributed by atoms with Crippen molar-refractivity contribution in [3.05, 3.63) is 23.8 Å². The molecule has 33 heavy (non-hydrogen) atoms. The molecule has 1 aliphatic rings. The number of carbonyl (C=O) groups is 4. The number of hydrogen-bond acceptors (Lipinski definition) is 9. The number of ether oxygens (including phenoxy) is 3. The van der Waals surface area contributed by atoms with E-state index in [0.29, 0.717) is 31.0 Å². The molecule has 1 aliphatic heterocycles. The van der Waals surface area contributed by atoms with Gasteiger partial charge in [-0.1, -0.05) is 13.8 Å². The highest BCUT2D eigenvalue weighted by Gasteiger charge is 2.32. The number of aromatic nitrogens is 2. The topological polar surface area (TPSA) is 158 Å². The first-order valence-electron chi connectivity index (χ1n) is 10.7. The summed E-state index contributed by atoms with van der Waals surface area (Å²) in [5.74, 6) is -2.49. The molecule has 182 valence electrons. The van der Waals surface area contributed by atoms with E-state index in [1.807, 2.05) is 0 Å². The summed E-state index contributed by atoms with van der Waals surface area (Å²) in [5.41, 5.74) is 1.21. The van der Waals surface area contributed by atoms with E-state index in [9.17, 15) is 19.2 Å². The van der Waals surface area contributed by atoms with Crippen molar-refractivity contribution in [1.29, 1.82) is 0 Å². The summed E-state index contributed by atoms with van der Waals surface area (Å²) in [6.07, 6.45) is 2.76. The van der Waals surface area contributed by atoms with Crippen molar-refractivity contribution in [3.63, 3.8) is 0 Å². The van der Waals surface area contributed by atoms with Crippen LogP contribution in [0.2, 0.25) is 0 Å². The molecule has 12 heteroatoms. The maximum absolute atomic E-state index is 12.9. The predicted molar refractivity (Wildman–Crippen MR) is 115 cm³/mol. The van der Waals surface area contributed by atoms with Crippen LogP contribution in [0.5, 0.6) is 0 Å². The van der Waals surface area contributed by atoms with Gasteiger partial charge in [-0.15, -0.1) is 0 Å². The number of nitrogens with one attached hydrogen (secondary N) is 3. The van der Waals surface area contributed by atoms with Gasteiger partial charge in [-0.2, -0.15) is 0 Å². The summed E-state index contributed by atoms with van der Waals surface area (Å²) in [6, 6.07) is -2.04. The van der Waals surface area contributed by atoms with Crippen molar-refractivity contribution in [1.82, 2.24) is 25.9 Å². The van der Waals surface area contributed by atoms with Gasteiger partial charge < -0.3 is 30.2 Å². The van der Waals surface area contributed by atoms with E-state index in [1.165, 1.54) is 12.4 Å². The summed E-state index contributed by atoms with van der Waals surface area (Å²) >= 11 is 0. The lowest BCUT2D eigenvalue weighted by atomic mass is 10.0. The Hall–Kier alpha value is -3.12. The molecule has 1 aromatic rings. The largest absolute Gasteiger partial charge is 0.447 e. The number of nitrogens with zero attached hydrogens (tertiary/aromatic N) is 2. The minimum atomic E-state index is -1.07. The van der Waals surface area contributed by atoms with E-state index in [1.54, 1.807) is 21.0 Å². The molecule has 0 spiro atoms. The van der Waals surface area contributed by atoms with Crippen LogP contribution in [-0.4, -0.2) is 79.3 Å². The Labute approximate surface area is 192 Å². The smallest absolute Gasteiger partial charge is 0.407 e. The lowest BCUT2D eigenvalue weighted by molar-refractivity contribution is -0.140. The fourth-order valence-corrected chi connectivity index (χ4v) is 3.11. The first-order valence-corrected chi connectivity index (χ1v) is 10.7. The van der Waals surface area contributed by atoms with E-state index >= 15 is 0 Å². The van der Waals surface area contributed by atoms with Crippen LogP contribution < -0.4 is 16.0 Å². The number of ketones is 1. The predicted octanol–water partition coefficient (Wildman–Crippen LogP) is -0.493. The number of Topliss-reactive ketones (excluding diaryl/α,β-unsaturated/α-hetero) is 1. The maximum Gasteiger partial charge on any atom is 0.407 e. The highest BCUT2D eigenvalue weighted by molar-refractivity contribution is 6.38. The highest BCUT2D eigenvalue weighted by Crippen LogP contribution is 2.11. The Balaban J connectivity index is 1.96. The minimum absolute atomic E-state index is 0.00368. The van der Waals surface area contributed by atoms with Crippen LogP contribution in [0.15, 0.2) is 12.4 Å². The van der Waals surface area contributed by atoms with Crippen LogP contribution in [-0.2, 0) is 41.6 Å². The van der Waals surface area contributed by atoms with E-state index < -0.39 is 35.8 Å². The van der Waals surface area contributed by atoms with E-state index in [0.717, 1.165) is 0 Å². The van der Waals surface area contributed by atoms with Gasteiger partial charge in [-0.3, -0.25) is 24.4 Å². The molecule has 1 aromatic heterocycles. The van der Waals surface area contributed by atoms with Crippen LogP contribution >= 0.6 is 0 Å². The van der Waals surface area contributed by atoms with Gasteiger partial charge in [-0.05, 0) is 18.8 Å². The van der Waals surface area contributed by atoms with E-state index in [2.05, 4.69) is 25.9 Å². The Kier molecular flexibility index (Phi) is 10.6. The molecule has 0 aliphatic carbocycles. The number of carbonyl (C=O) groups excluding carboxylic acids is 4. The van der Waals surface area contributed by atoms with Gasteiger partial charge in [0.05, 0.1) is 43.8 Å². The lowest BCUT2D eigenvalue weighted by Gasteiger charge is -2.24. The molecule has 2 atom stereocenters. The molecular weight excluding hydrogens is 434 g/mol. The number of rotatable bonds is 10. The molecule has 0 aromatic carbocycles. The van der Waals surface area contributed by atoms with Crippen molar-refractivity contribution < 1.29 is 33.4 Å². The summed E-state index contributed by atoms with van der Waals surface area (Å²) < 4.78 is 15.1. The quantitative estimate of drug-likeness (QED) is 0.306. The summed E-state index contributed by atoms with van der Waals surface area (Å²) in [5, 5.41) is 7.61. The maximum atomic E-state index is 12.9. The second-order valence-electron chi connectivity index (χ2n) is 7.70. The van der Waals surface area contributed by atoms with Crippen molar-refractivity contribution in [2.45, 2.75) is 45.3 Å². The SMILES string of the molecule is COCCOCCOC(=O)NC(C(=O)NC1CCc2nccnc2CNC(=O)C1=O)C(C)C. The third-order valence-electron chi connectivity index (χ3n) is 4.92. The Morgan fingerprint density at radius 1 is 1.12 bits per heavy atom. The molecule has 2 unspecified atom stereocenters. The third-order valence-corrected chi connectivity index (χ3v) is 4.92. The molecule has 12 nitrogen and oxygen atoms in total. The number of alkyl carbamates (subject to hydrolysis) is 1. The molecule has 0 radical (unpaired) electrons. The van der Waals surface area contributed by atoms with Gasteiger partial charge in [0.1, 0.15) is 12.6 Å². The van der Waals surface area contributed by atoms with Crippen molar-refractivity contribution in [3.8, 4) is 0 Å². The number of aryl methyl sites for hydroxylation is 1. The second kappa shape index (κ2) is 13.4. The summed E-state index contributed by atoms with van der Waals surface area (Å²) in [6.45, 7) is 4.54. The number of amides is 3. The molecular formula is C21H31N5O7. The Morgan fingerprint density at radius 3 is 2.52 bits per heavy atom. The van der Waals surface area contributed by atoms with Gasteiger partial charge in [0.25, 0.3) is 5.91 Å². The van der Waals surface area contributed by atoms with Crippen LogP contribution in [0.1, 0.15) is 31.7 Å². The van der Waals surface area contributed by atoms with Crippen LogP contribution in [0.25, 0.3) is 0 Å². The van der Waals surface area contributed by atoms with Gasteiger partial charge in [-0.25, -0.2) is 4.79 Å². The van der Waals surface area contributed by atoms with E-state index in [4.69, 9.17) is 14.2 Å². The molecule has 3 N–H and O–H groups in total. The standard InChI is InChI=1S/C21H31N5O7/c1-13(2)17(26-21(30)33-11-10-32-9-8-31-3)19(28)25-15-5-4-14-16(23-7-6-22-14)12-24-20(29)18(15)27/h6-7,13,15,17H,4-5,8-12H2,1-3H3,(H,24,29)(H,25,28)(H,26,30). The average molecular weight is 466 g/mol. The van der Waals surface area contributed by atoms with Crippen molar-refractivity contribution >= 4 is 23.7 Å². The van der Waals surface area contributed by atoms with Crippen LogP contribution in [0.4, 0.5) is 4.79 Å². The first kappa shape index (κ1) is 26.1. The fraction of sp³-hybridized carbons (Fsp3) is 0.619. The molecule has 0 bridgehead atoms. The van der Waals surface area contributed by atoms with Gasteiger partial charge in [0, 0.05) is 19.5 Å². The molecule has 0 fully saturated rings. The van der Waals surface area contributed by atoms with Gasteiger partial charge >= 0.3 is 6.09 Å². The molecule has 0 saturated heterocycles. The number of methoxy groups -OCH3 is 1. The second-order valence-corrected chi connectivity index (χ2v) is 7.70. The molecule has 3 amide bonds. The molecule has 2 rings (SSSR count). The minimum Gasteiger partial charge on any atom is -0.447 e. The zero-order valence-electron chi connectivity index (χ0n) is 19.1. The number of fused-ring (bicyclic) bond motifs is 1. The molecule has 2 heterocycles. The summed E-state index contributed by atoms with van der Waals surface area (Å²) in [7, 11) is 1.55. The monoisotopic (exact) mass is 465 g/mol. The van der Waals surface area contributed by atoms with Gasteiger partial charge in [0.2, 0.25) is 11.7 Å². The Bertz CT molecular complexity index is 833. The van der Waals surface area contributed by atoms with Crippen molar-refractivity contribution in [2.75, 3.05) is 33.5 Å². The fourth-order valence-electron chi connectivity index (χ4n) is 3.11. The van der Waals surface area contributed by atoms with Gasteiger partial charge in [0.15, 0.2) is 0 Å². The van der Waals surface area contributed by atoms with Crippen molar-refractivity contribution in [2.24, 2.45) is 5.92 Å². The van der Waals surface area contributed by atoms with Crippen LogP contribution in [0, 0.1) is 5.92 Å². The summed E-state index contributed by atoms with van der Waals surface area (Å²) in [4.78, 5) is 58.3. The normalized spacial score (nSPS) is 17.2.